The Hall–Kier alpha value is -0.630. The third-order valence-corrected chi connectivity index (χ3v) is 1.37. The van der Waals surface area contributed by atoms with Crippen molar-refractivity contribution in [1.82, 2.24) is 0 Å². The van der Waals surface area contributed by atoms with Crippen molar-refractivity contribution in [3.05, 3.63) is 24.3 Å². The van der Waals surface area contributed by atoms with Crippen molar-refractivity contribution < 1.29 is 4.74 Å². The molecule has 0 spiro atoms. The summed E-state index contributed by atoms with van der Waals surface area (Å²) in [6, 6.07) is 7.54. The molecule has 0 unspecified atom stereocenters. The Morgan fingerprint density at radius 3 is 1.92 bits per heavy atom. The monoisotopic (exact) mass is 184 g/mol. The second-order valence-electron chi connectivity index (χ2n) is 2.41. The van der Waals surface area contributed by atoms with Gasteiger partial charge in [-0.25, -0.2) is 0 Å². The number of methoxy groups -OCH3 is 1. The van der Waals surface area contributed by atoms with Crippen LogP contribution in [0.5, 0.6) is 5.75 Å². The summed E-state index contributed by atoms with van der Waals surface area (Å²) in [7, 11) is 1.65. The molecule has 0 amide bonds. The van der Waals surface area contributed by atoms with Crippen LogP contribution in [0, 0.1) is 0 Å². The summed E-state index contributed by atoms with van der Waals surface area (Å²) in [6.45, 7) is 4.25. The Bertz CT molecular complexity index is 193. The van der Waals surface area contributed by atoms with Gasteiger partial charge in [0.1, 0.15) is 5.75 Å². The zero-order valence-electron chi connectivity index (χ0n) is 7.87. The van der Waals surface area contributed by atoms with Crippen LogP contribution >= 0.6 is 12.6 Å². The standard InChI is InChI=1S/C7H8OS.C3H8/c1-8-6-2-4-7(9)5-3-6;1-3-2/h2-5,9H,1H3;3H2,1-2H3. The Morgan fingerprint density at radius 2 is 1.58 bits per heavy atom. The first-order valence-corrected chi connectivity index (χ1v) is 4.52. The van der Waals surface area contributed by atoms with Gasteiger partial charge in [0.15, 0.2) is 0 Å². The summed E-state index contributed by atoms with van der Waals surface area (Å²) in [5, 5.41) is 0. The van der Waals surface area contributed by atoms with E-state index in [1.165, 1.54) is 6.42 Å². The Morgan fingerprint density at radius 1 is 1.17 bits per heavy atom. The van der Waals surface area contributed by atoms with E-state index in [9.17, 15) is 0 Å². The van der Waals surface area contributed by atoms with Crippen molar-refractivity contribution in [2.45, 2.75) is 25.2 Å². The van der Waals surface area contributed by atoms with Crippen LogP contribution in [0.15, 0.2) is 29.2 Å². The smallest absolute Gasteiger partial charge is 0.118 e. The zero-order valence-corrected chi connectivity index (χ0v) is 8.77. The molecule has 0 aliphatic carbocycles. The van der Waals surface area contributed by atoms with Crippen molar-refractivity contribution in [3.8, 4) is 5.75 Å². The number of hydrogen-bond donors (Lipinski definition) is 1. The summed E-state index contributed by atoms with van der Waals surface area (Å²) >= 11 is 4.11. The molecule has 0 aliphatic heterocycles. The van der Waals surface area contributed by atoms with Gasteiger partial charge in [0.25, 0.3) is 0 Å². The van der Waals surface area contributed by atoms with Gasteiger partial charge in [0.2, 0.25) is 0 Å². The lowest BCUT2D eigenvalue weighted by atomic mass is 10.3. The lowest BCUT2D eigenvalue weighted by molar-refractivity contribution is 0.414. The molecular formula is C10H16OS. The summed E-state index contributed by atoms with van der Waals surface area (Å²) in [5.41, 5.74) is 0. The minimum Gasteiger partial charge on any atom is -0.497 e. The molecule has 0 aliphatic rings. The molecule has 0 atom stereocenters. The third-order valence-electron chi connectivity index (χ3n) is 1.07. The Kier molecular flexibility index (Phi) is 6.67. The zero-order chi connectivity index (χ0) is 9.40. The van der Waals surface area contributed by atoms with Gasteiger partial charge in [-0.15, -0.1) is 12.6 Å². The molecule has 2 heteroatoms. The minimum atomic E-state index is 0.868. The van der Waals surface area contributed by atoms with E-state index in [0.29, 0.717) is 0 Å². The van der Waals surface area contributed by atoms with Crippen LogP contribution in [0.3, 0.4) is 0 Å². The highest BCUT2D eigenvalue weighted by Gasteiger charge is 1.86. The van der Waals surface area contributed by atoms with Gasteiger partial charge in [-0.1, -0.05) is 20.3 Å². The SMILES string of the molecule is CCC.COc1ccc(S)cc1. The molecule has 0 heterocycles. The topological polar surface area (TPSA) is 9.23 Å². The summed E-state index contributed by atoms with van der Waals surface area (Å²) < 4.78 is 4.94. The molecule has 68 valence electrons. The highest BCUT2D eigenvalue weighted by atomic mass is 32.1. The lowest BCUT2D eigenvalue weighted by Crippen LogP contribution is -1.79. The Labute approximate surface area is 80.2 Å². The van der Waals surface area contributed by atoms with Crippen molar-refractivity contribution in [3.63, 3.8) is 0 Å². The van der Waals surface area contributed by atoms with Crippen LogP contribution in [0.2, 0.25) is 0 Å². The van der Waals surface area contributed by atoms with Crippen LogP contribution in [-0.2, 0) is 0 Å². The van der Waals surface area contributed by atoms with Crippen molar-refractivity contribution >= 4 is 12.6 Å². The van der Waals surface area contributed by atoms with E-state index >= 15 is 0 Å². The number of hydrogen-bond acceptors (Lipinski definition) is 2. The predicted octanol–water partition coefficient (Wildman–Crippen LogP) is 3.40. The Balaban J connectivity index is 0.000000354. The van der Waals surface area contributed by atoms with E-state index in [1.807, 2.05) is 24.3 Å². The molecule has 0 bridgehead atoms. The summed E-state index contributed by atoms with van der Waals surface area (Å²) in [4.78, 5) is 0.954. The van der Waals surface area contributed by atoms with Gasteiger partial charge < -0.3 is 4.74 Å². The maximum absolute atomic E-state index is 4.94. The molecule has 0 fully saturated rings. The van der Waals surface area contributed by atoms with Gasteiger partial charge in [0, 0.05) is 4.90 Å². The molecule has 1 rings (SSSR count). The number of ether oxygens (including phenoxy) is 1. The lowest BCUT2D eigenvalue weighted by Gasteiger charge is -1.96. The van der Waals surface area contributed by atoms with Crippen LogP contribution in [0.4, 0.5) is 0 Å². The molecule has 0 saturated carbocycles. The molecule has 1 aromatic rings. The fourth-order valence-electron chi connectivity index (χ4n) is 0.582. The molecular weight excluding hydrogens is 168 g/mol. The second kappa shape index (κ2) is 7.04. The number of thiol groups is 1. The van der Waals surface area contributed by atoms with Crippen LogP contribution < -0.4 is 4.74 Å². The maximum atomic E-state index is 4.94. The molecule has 0 aromatic heterocycles. The average molecular weight is 184 g/mol. The molecule has 0 saturated heterocycles. The largest absolute Gasteiger partial charge is 0.497 e. The van der Waals surface area contributed by atoms with E-state index in [4.69, 9.17) is 4.74 Å². The van der Waals surface area contributed by atoms with Crippen molar-refractivity contribution in [1.29, 1.82) is 0 Å². The van der Waals surface area contributed by atoms with E-state index in [-0.39, 0.29) is 0 Å². The summed E-state index contributed by atoms with van der Waals surface area (Å²) in [5.74, 6) is 0.868. The van der Waals surface area contributed by atoms with Crippen LogP contribution in [-0.4, -0.2) is 7.11 Å². The number of benzene rings is 1. The van der Waals surface area contributed by atoms with E-state index < -0.39 is 0 Å². The first-order chi connectivity index (χ1) is 5.74. The highest BCUT2D eigenvalue weighted by Crippen LogP contribution is 2.12. The van der Waals surface area contributed by atoms with Gasteiger partial charge in [-0.3, -0.25) is 0 Å². The number of rotatable bonds is 1. The highest BCUT2D eigenvalue weighted by molar-refractivity contribution is 7.80. The molecule has 1 nitrogen and oxygen atoms in total. The molecule has 0 N–H and O–H groups in total. The van der Waals surface area contributed by atoms with E-state index in [2.05, 4.69) is 26.5 Å². The normalized spacial score (nSPS) is 8.33. The van der Waals surface area contributed by atoms with E-state index in [0.717, 1.165) is 10.6 Å². The van der Waals surface area contributed by atoms with Gasteiger partial charge >= 0.3 is 0 Å². The quantitative estimate of drug-likeness (QED) is 0.658. The van der Waals surface area contributed by atoms with Crippen molar-refractivity contribution in [2.24, 2.45) is 0 Å². The fourth-order valence-corrected chi connectivity index (χ4v) is 0.731. The van der Waals surface area contributed by atoms with Gasteiger partial charge in [0.05, 0.1) is 7.11 Å². The fraction of sp³-hybridized carbons (Fsp3) is 0.400. The first-order valence-electron chi connectivity index (χ1n) is 4.07. The molecule has 12 heavy (non-hydrogen) atoms. The van der Waals surface area contributed by atoms with Crippen LogP contribution in [0.25, 0.3) is 0 Å². The molecule has 1 aromatic carbocycles. The van der Waals surface area contributed by atoms with E-state index in [1.54, 1.807) is 7.11 Å². The average Bonchev–Trinajstić information content (AvgIpc) is 2.07. The molecule has 0 radical (unpaired) electrons. The third kappa shape index (κ3) is 5.08. The maximum Gasteiger partial charge on any atom is 0.118 e. The summed E-state index contributed by atoms with van der Waals surface area (Å²) in [6.07, 6.45) is 1.25. The van der Waals surface area contributed by atoms with Gasteiger partial charge in [-0.05, 0) is 24.3 Å². The minimum absolute atomic E-state index is 0.868. The predicted molar refractivity (Wildman–Crippen MR) is 56.2 cm³/mol. The van der Waals surface area contributed by atoms with Crippen molar-refractivity contribution in [2.75, 3.05) is 7.11 Å². The second-order valence-corrected chi connectivity index (χ2v) is 2.92. The first kappa shape index (κ1) is 11.4. The van der Waals surface area contributed by atoms with Gasteiger partial charge in [-0.2, -0.15) is 0 Å². The van der Waals surface area contributed by atoms with Crippen LogP contribution in [0.1, 0.15) is 20.3 Å².